The van der Waals surface area contributed by atoms with Gasteiger partial charge in [-0.3, -0.25) is 4.79 Å². The lowest BCUT2D eigenvalue weighted by atomic mass is 9.94. The van der Waals surface area contributed by atoms with Gasteiger partial charge in [0.1, 0.15) is 0 Å². The quantitative estimate of drug-likeness (QED) is 0.870. The number of hydrogen-bond donors (Lipinski definition) is 1. The standard InChI is InChI=1S/C18H22N2O/c21-18-14-6-2-3-7-16(14)19-17-9-8-13(12-15(17)18)20-10-4-1-5-11-20/h8-9,12H,1-7,10-11H2,(H,19,21). The van der Waals surface area contributed by atoms with Crippen molar-refractivity contribution in [3.8, 4) is 0 Å². The van der Waals surface area contributed by atoms with E-state index in [4.69, 9.17) is 0 Å². The van der Waals surface area contributed by atoms with Crippen LogP contribution in [0.1, 0.15) is 43.4 Å². The summed E-state index contributed by atoms with van der Waals surface area (Å²) >= 11 is 0. The van der Waals surface area contributed by atoms with Crippen molar-refractivity contribution in [1.29, 1.82) is 0 Å². The molecule has 1 N–H and O–H groups in total. The molecule has 0 unspecified atom stereocenters. The Kier molecular flexibility index (Phi) is 3.21. The van der Waals surface area contributed by atoms with Crippen LogP contribution in [0.25, 0.3) is 10.9 Å². The molecule has 1 aromatic heterocycles. The van der Waals surface area contributed by atoms with Crippen LogP contribution in [0.4, 0.5) is 5.69 Å². The molecule has 1 fully saturated rings. The molecule has 0 spiro atoms. The van der Waals surface area contributed by atoms with Gasteiger partial charge in [0.2, 0.25) is 0 Å². The smallest absolute Gasteiger partial charge is 0.192 e. The van der Waals surface area contributed by atoms with E-state index in [9.17, 15) is 4.79 Å². The maximum Gasteiger partial charge on any atom is 0.192 e. The second-order valence-electron chi connectivity index (χ2n) is 6.40. The third-order valence-electron chi connectivity index (χ3n) is 5.00. The zero-order valence-electron chi connectivity index (χ0n) is 12.5. The second-order valence-corrected chi connectivity index (χ2v) is 6.40. The van der Waals surface area contributed by atoms with Gasteiger partial charge in [-0.25, -0.2) is 0 Å². The minimum atomic E-state index is 0.261. The van der Waals surface area contributed by atoms with E-state index in [2.05, 4.69) is 28.1 Å². The molecule has 3 heteroatoms. The predicted molar refractivity (Wildman–Crippen MR) is 87.3 cm³/mol. The van der Waals surface area contributed by atoms with Crippen molar-refractivity contribution in [2.45, 2.75) is 44.9 Å². The summed E-state index contributed by atoms with van der Waals surface area (Å²) in [6, 6.07) is 6.36. The Morgan fingerprint density at radius 3 is 2.62 bits per heavy atom. The topological polar surface area (TPSA) is 36.1 Å². The van der Waals surface area contributed by atoms with Gasteiger partial charge >= 0.3 is 0 Å². The molecule has 0 atom stereocenters. The van der Waals surface area contributed by atoms with Gasteiger partial charge in [0.25, 0.3) is 0 Å². The molecule has 21 heavy (non-hydrogen) atoms. The van der Waals surface area contributed by atoms with Crippen molar-refractivity contribution in [2.24, 2.45) is 0 Å². The highest BCUT2D eigenvalue weighted by atomic mass is 16.1. The fourth-order valence-corrected chi connectivity index (χ4v) is 3.80. The SMILES string of the molecule is O=c1c2c([nH]c3ccc(N4CCCCC4)cc13)CCCC2. The molecule has 0 radical (unpaired) electrons. The summed E-state index contributed by atoms with van der Waals surface area (Å²) in [6.45, 7) is 2.24. The number of aromatic amines is 1. The second kappa shape index (κ2) is 5.21. The maximum atomic E-state index is 12.8. The van der Waals surface area contributed by atoms with E-state index < -0.39 is 0 Å². The third-order valence-corrected chi connectivity index (χ3v) is 5.00. The average molecular weight is 282 g/mol. The van der Waals surface area contributed by atoms with E-state index >= 15 is 0 Å². The summed E-state index contributed by atoms with van der Waals surface area (Å²) in [5, 5.41) is 0.874. The van der Waals surface area contributed by atoms with E-state index in [-0.39, 0.29) is 5.43 Å². The number of nitrogens with one attached hydrogen (secondary N) is 1. The van der Waals surface area contributed by atoms with Gasteiger partial charge in [0, 0.05) is 40.9 Å². The summed E-state index contributed by atoms with van der Waals surface area (Å²) in [5.74, 6) is 0. The highest BCUT2D eigenvalue weighted by Gasteiger charge is 2.17. The Labute approximate surface area is 125 Å². The predicted octanol–water partition coefficient (Wildman–Crippen LogP) is 3.40. The molecular weight excluding hydrogens is 260 g/mol. The van der Waals surface area contributed by atoms with Crippen molar-refractivity contribution in [2.75, 3.05) is 18.0 Å². The lowest BCUT2D eigenvalue weighted by Crippen LogP contribution is -2.29. The maximum absolute atomic E-state index is 12.8. The molecule has 0 amide bonds. The number of H-pyrrole nitrogens is 1. The first-order valence-corrected chi connectivity index (χ1v) is 8.26. The highest BCUT2D eigenvalue weighted by Crippen LogP contribution is 2.25. The van der Waals surface area contributed by atoms with Crippen LogP contribution in [0.2, 0.25) is 0 Å². The number of hydrogen-bond acceptors (Lipinski definition) is 2. The first kappa shape index (κ1) is 12.9. The van der Waals surface area contributed by atoms with Crippen LogP contribution in [0.15, 0.2) is 23.0 Å². The van der Waals surface area contributed by atoms with E-state index in [0.29, 0.717) is 0 Å². The summed E-state index contributed by atoms with van der Waals surface area (Å²) in [5.41, 5.74) is 4.68. The molecule has 3 nitrogen and oxygen atoms in total. The lowest BCUT2D eigenvalue weighted by Gasteiger charge is -2.29. The summed E-state index contributed by atoms with van der Waals surface area (Å²) in [6.07, 6.45) is 8.16. The van der Waals surface area contributed by atoms with Crippen molar-refractivity contribution >= 4 is 16.6 Å². The molecular formula is C18H22N2O. The Balaban J connectivity index is 1.83. The average Bonchev–Trinajstić information content (AvgIpc) is 2.56. The highest BCUT2D eigenvalue weighted by molar-refractivity contribution is 5.83. The molecule has 0 saturated carbocycles. The lowest BCUT2D eigenvalue weighted by molar-refractivity contribution is 0.578. The van der Waals surface area contributed by atoms with Gasteiger partial charge in [-0.15, -0.1) is 0 Å². The Morgan fingerprint density at radius 2 is 1.76 bits per heavy atom. The molecule has 2 heterocycles. The van der Waals surface area contributed by atoms with Gasteiger partial charge in [-0.05, 0) is 63.1 Å². The van der Waals surface area contributed by atoms with Gasteiger partial charge in [0.05, 0.1) is 0 Å². The van der Waals surface area contributed by atoms with E-state index in [0.717, 1.165) is 48.8 Å². The van der Waals surface area contributed by atoms with E-state index in [1.807, 2.05) is 0 Å². The monoisotopic (exact) mass is 282 g/mol. The van der Waals surface area contributed by atoms with Crippen LogP contribution >= 0.6 is 0 Å². The normalized spacial score (nSPS) is 18.8. The fourth-order valence-electron chi connectivity index (χ4n) is 3.80. The number of pyridine rings is 1. The van der Waals surface area contributed by atoms with Crippen molar-refractivity contribution < 1.29 is 0 Å². The van der Waals surface area contributed by atoms with Crippen molar-refractivity contribution in [3.05, 3.63) is 39.7 Å². The molecule has 4 rings (SSSR count). The molecule has 0 bridgehead atoms. The number of aromatic nitrogens is 1. The molecule has 1 saturated heterocycles. The Hall–Kier alpha value is -1.77. The largest absolute Gasteiger partial charge is 0.372 e. The van der Waals surface area contributed by atoms with Crippen molar-refractivity contribution in [1.82, 2.24) is 4.98 Å². The summed E-state index contributed by atoms with van der Waals surface area (Å²) < 4.78 is 0. The molecule has 2 aromatic rings. The number of piperidine rings is 1. The van der Waals surface area contributed by atoms with Crippen LogP contribution in [-0.2, 0) is 12.8 Å². The van der Waals surface area contributed by atoms with Crippen LogP contribution < -0.4 is 10.3 Å². The number of rotatable bonds is 1. The zero-order chi connectivity index (χ0) is 14.2. The first-order chi connectivity index (χ1) is 10.3. The van der Waals surface area contributed by atoms with E-state index in [1.165, 1.54) is 37.1 Å². The van der Waals surface area contributed by atoms with Crippen molar-refractivity contribution in [3.63, 3.8) is 0 Å². The van der Waals surface area contributed by atoms with Crippen LogP contribution in [0, 0.1) is 0 Å². The minimum Gasteiger partial charge on any atom is -0.372 e. The number of benzene rings is 1. The zero-order valence-corrected chi connectivity index (χ0v) is 12.5. The van der Waals surface area contributed by atoms with Crippen LogP contribution in [-0.4, -0.2) is 18.1 Å². The first-order valence-electron chi connectivity index (χ1n) is 8.26. The Morgan fingerprint density at radius 1 is 0.952 bits per heavy atom. The number of fused-ring (bicyclic) bond motifs is 2. The van der Waals surface area contributed by atoms with Gasteiger partial charge < -0.3 is 9.88 Å². The number of anilines is 1. The molecule has 1 aliphatic heterocycles. The van der Waals surface area contributed by atoms with Crippen LogP contribution in [0.3, 0.4) is 0 Å². The Bertz CT molecular complexity index is 726. The van der Waals surface area contributed by atoms with Gasteiger partial charge in [-0.1, -0.05) is 0 Å². The third kappa shape index (κ3) is 2.25. The minimum absolute atomic E-state index is 0.261. The molecule has 2 aliphatic rings. The molecule has 110 valence electrons. The van der Waals surface area contributed by atoms with Gasteiger partial charge in [0.15, 0.2) is 5.43 Å². The van der Waals surface area contributed by atoms with Gasteiger partial charge in [-0.2, -0.15) is 0 Å². The fraction of sp³-hybridized carbons (Fsp3) is 0.500. The molecule has 1 aliphatic carbocycles. The summed E-state index contributed by atoms with van der Waals surface area (Å²) in [7, 11) is 0. The summed E-state index contributed by atoms with van der Waals surface area (Å²) in [4.78, 5) is 18.7. The number of aryl methyl sites for hydroxylation is 1. The number of nitrogens with zero attached hydrogens (tertiary/aromatic N) is 1. The van der Waals surface area contributed by atoms with Crippen LogP contribution in [0.5, 0.6) is 0 Å². The molecule has 1 aromatic carbocycles. The van der Waals surface area contributed by atoms with E-state index in [1.54, 1.807) is 0 Å².